The molecule has 2 heterocycles. The summed E-state index contributed by atoms with van der Waals surface area (Å²) in [5.41, 5.74) is 3.67. The normalized spacial score (nSPS) is 21.3. The van der Waals surface area contributed by atoms with Crippen LogP contribution in [0.1, 0.15) is 23.1 Å². The molecule has 4 rings (SSSR count). The van der Waals surface area contributed by atoms with Crippen LogP contribution in [0, 0.1) is 5.92 Å². The topological polar surface area (TPSA) is 35.9 Å². The maximum absolute atomic E-state index is 9.53. The second-order valence-electron chi connectivity index (χ2n) is 7.82. The van der Waals surface area contributed by atoms with Crippen molar-refractivity contribution in [2.24, 2.45) is 5.92 Å². The Hall–Kier alpha value is -1.88. The van der Waals surface area contributed by atoms with E-state index in [-0.39, 0.29) is 6.61 Å². The predicted molar refractivity (Wildman–Crippen MR) is 108 cm³/mol. The van der Waals surface area contributed by atoms with Gasteiger partial charge in [-0.3, -0.25) is 4.90 Å². The van der Waals surface area contributed by atoms with Gasteiger partial charge in [-0.1, -0.05) is 42.5 Å². The fourth-order valence-corrected chi connectivity index (χ4v) is 4.32. The van der Waals surface area contributed by atoms with Crippen LogP contribution in [0.3, 0.4) is 0 Å². The Labute approximate surface area is 162 Å². The molecule has 144 valence electrons. The summed E-state index contributed by atoms with van der Waals surface area (Å²) in [6.07, 6.45) is 2.26. The van der Waals surface area contributed by atoms with Crippen molar-refractivity contribution in [1.29, 1.82) is 0 Å². The standard InChI is InChI=1S/C23H30N2O2/c26-18-22-7-2-1-6-21(22)17-25-12-10-24(11-13-25)16-19-9-14-27-23-8-4-3-5-20(23)15-19/h1-8,19,26H,9-18H2/t19-/m0/s1. The van der Waals surface area contributed by atoms with E-state index in [1.807, 2.05) is 12.1 Å². The first-order valence-electron chi connectivity index (χ1n) is 10.1. The van der Waals surface area contributed by atoms with E-state index < -0.39 is 0 Å². The molecule has 2 aromatic rings. The molecule has 1 N–H and O–H groups in total. The minimum Gasteiger partial charge on any atom is -0.493 e. The Morgan fingerprint density at radius 2 is 1.59 bits per heavy atom. The third-order valence-corrected chi connectivity index (χ3v) is 5.93. The molecular weight excluding hydrogens is 336 g/mol. The maximum Gasteiger partial charge on any atom is 0.122 e. The molecule has 0 aromatic heterocycles. The predicted octanol–water partition coefficient (Wildman–Crippen LogP) is 2.94. The van der Waals surface area contributed by atoms with E-state index in [2.05, 4.69) is 46.2 Å². The highest BCUT2D eigenvalue weighted by molar-refractivity contribution is 5.34. The summed E-state index contributed by atoms with van der Waals surface area (Å²) in [4.78, 5) is 5.13. The van der Waals surface area contributed by atoms with Crippen LogP contribution in [0.5, 0.6) is 5.75 Å². The van der Waals surface area contributed by atoms with Gasteiger partial charge in [0, 0.05) is 39.3 Å². The average molecular weight is 367 g/mol. The van der Waals surface area contributed by atoms with Gasteiger partial charge < -0.3 is 14.7 Å². The van der Waals surface area contributed by atoms with Crippen molar-refractivity contribution >= 4 is 0 Å². The van der Waals surface area contributed by atoms with Crippen LogP contribution in [0.4, 0.5) is 0 Å². The summed E-state index contributed by atoms with van der Waals surface area (Å²) in [7, 11) is 0. The minimum atomic E-state index is 0.126. The van der Waals surface area contributed by atoms with Crippen molar-refractivity contribution in [1.82, 2.24) is 9.80 Å². The first kappa shape index (κ1) is 18.5. The van der Waals surface area contributed by atoms with E-state index in [4.69, 9.17) is 4.74 Å². The molecule has 0 amide bonds. The van der Waals surface area contributed by atoms with E-state index in [1.54, 1.807) is 0 Å². The zero-order chi connectivity index (χ0) is 18.5. The van der Waals surface area contributed by atoms with Crippen molar-refractivity contribution in [2.75, 3.05) is 39.3 Å². The van der Waals surface area contributed by atoms with E-state index in [0.717, 1.165) is 63.5 Å². The first-order chi connectivity index (χ1) is 13.3. The lowest BCUT2D eigenvalue weighted by atomic mass is 9.96. The number of piperazine rings is 1. The number of ether oxygens (including phenoxy) is 1. The number of nitrogens with zero attached hydrogens (tertiary/aromatic N) is 2. The monoisotopic (exact) mass is 366 g/mol. The van der Waals surface area contributed by atoms with Gasteiger partial charge in [0.15, 0.2) is 0 Å². The molecule has 0 spiro atoms. The highest BCUT2D eigenvalue weighted by atomic mass is 16.5. The van der Waals surface area contributed by atoms with Gasteiger partial charge in [-0.05, 0) is 41.5 Å². The molecule has 0 radical (unpaired) electrons. The molecule has 2 aliphatic heterocycles. The van der Waals surface area contributed by atoms with Gasteiger partial charge in [-0.25, -0.2) is 0 Å². The Bertz CT molecular complexity index is 741. The molecule has 4 heteroatoms. The zero-order valence-electron chi connectivity index (χ0n) is 16.0. The Balaban J connectivity index is 1.28. The number of fused-ring (bicyclic) bond motifs is 1. The van der Waals surface area contributed by atoms with E-state index in [0.29, 0.717) is 5.92 Å². The second kappa shape index (κ2) is 8.87. The summed E-state index contributed by atoms with van der Waals surface area (Å²) in [5.74, 6) is 1.75. The third-order valence-electron chi connectivity index (χ3n) is 5.93. The second-order valence-corrected chi connectivity index (χ2v) is 7.82. The third kappa shape index (κ3) is 4.70. The number of aliphatic hydroxyl groups is 1. The summed E-state index contributed by atoms with van der Waals surface area (Å²) in [6.45, 7) is 7.51. The van der Waals surface area contributed by atoms with E-state index >= 15 is 0 Å². The molecule has 4 nitrogen and oxygen atoms in total. The molecule has 0 saturated carbocycles. The summed E-state index contributed by atoms with van der Waals surface area (Å²) in [5, 5.41) is 9.53. The van der Waals surface area contributed by atoms with Gasteiger partial charge in [0.1, 0.15) is 5.75 Å². The molecule has 1 atom stereocenters. The average Bonchev–Trinajstić information content (AvgIpc) is 2.91. The van der Waals surface area contributed by atoms with Crippen LogP contribution in [0.25, 0.3) is 0 Å². The van der Waals surface area contributed by atoms with Crippen molar-refractivity contribution in [2.45, 2.75) is 26.0 Å². The molecular formula is C23H30N2O2. The lowest BCUT2D eigenvalue weighted by Gasteiger charge is -2.36. The highest BCUT2D eigenvalue weighted by Gasteiger charge is 2.23. The summed E-state index contributed by atoms with van der Waals surface area (Å²) >= 11 is 0. The number of benzene rings is 2. The van der Waals surface area contributed by atoms with Crippen LogP contribution in [0.15, 0.2) is 48.5 Å². The Morgan fingerprint density at radius 1 is 0.889 bits per heavy atom. The van der Waals surface area contributed by atoms with Gasteiger partial charge >= 0.3 is 0 Å². The number of hydrogen-bond donors (Lipinski definition) is 1. The van der Waals surface area contributed by atoms with Crippen molar-refractivity contribution < 1.29 is 9.84 Å². The zero-order valence-corrected chi connectivity index (χ0v) is 16.0. The van der Waals surface area contributed by atoms with Gasteiger partial charge in [0.05, 0.1) is 13.2 Å². The molecule has 1 saturated heterocycles. The van der Waals surface area contributed by atoms with E-state index in [1.165, 1.54) is 17.7 Å². The van der Waals surface area contributed by atoms with Gasteiger partial charge in [0.25, 0.3) is 0 Å². The van der Waals surface area contributed by atoms with Crippen LogP contribution in [-0.2, 0) is 19.6 Å². The Kier molecular flexibility index (Phi) is 6.07. The van der Waals surface area contributed by atoms with E-state index in [9.17, 15) is 5.11 Å². The number of hydrogen-bond acceptors (Lipinski definition) is 4. The smallest absolute Gasteiger partial charge is 0.122 e. The number of para-hydroxylation sites is 1. The minimum absolute atomic E-state index is 0.126. The van der Waals surface area contributed by atoms with Crippen LogP contribution >= 0.6 is 0 Å². The fourth-order valence-electron chi connectivity index (χ4n) is 4.32. The van der Waals surface area contributed by atoms with Crippen molar-refractivity contribution in [3.05, 3.63) is 65.2 Å². The van der Waals surface area contributed by atoms with Crippen molar-refractivity contribution in [3.8, 4) is 5.75 Å². The molecule has 2 aromatic carbocycles. The quantitative estimate of drug-likeness (QED) is 0.883. The van der Waals surface area contributed by atoms with Crippen LogP contribution in [-0.4, -0.2) is 54.2 Å². The number of rotatable bonds is 5. The molecule has 0 bridgehead atoms. The molecule has 1 fully saturated rings. The molecule has 0 unspecified atom stereocenters. The maximum atomic E-state index is 9.53. The number of aliphatic hydroxyl groups excluding tert-OH is 1. The van der Waals surface area contributed by atoms with Gasteiger partial charge in [0.2, 0.25) is 0 Å². The van der Waals surface area contributed by atoms with Crippen LogP contribution < -0.4 is 4.74 Å². The highest BCUT2D eigenvalue weighted by Crippen LogP contribution is 2.27. The SMILES string of the molecule is OCc1ccccc1CN1CCN(C[C@H]2CCOc3ccccc3C2)CC1. The van der Waals surface area contributed by atoms with Gasteiger partial charge in [-0.15, -0.1) is 0 Å². The largest absolute Gasteiger partial charge is 0.493 e. The molecule has 2 aliphatic rings. The fraction of sp³-hybridized carbons (Fsp3) is 0.478. The molecule has 27 heavy (non-hydrogen) atoms. The van der Waals surface area contributed by atoms with Crippen molar-refractivity contribution in [3.63, 3.8) is 0 Å². The lowest BCUT2D eigenvalue weighted by Crippen LogP contribution is -2.47. The Morgan fingerprint density at radius 3 is 2.41 bits per heavy atom. The van der Waals surface area contributed by atoms with Gasteiger partial charge in [-0.2, -0.15) is 0 Å². The summed E-state index contributed by atoms with van der Waals surface area (Å²) < 4.78 is 5.93. The lowest BCUT2D eigenvalue weighted by molar-refractivity contribution is 0.109. The summed E-state index contributed by atoms with van der Waals surface area (Å²) in [6, 6.07) is 16.7. The molecule has 0 aliphatic carbocycles. The van der Waals surface area contributed by atoms with Crippen LogP contribution in [0.2, 0.25) is 0 Å². The first-order valence-corrected chi connectivity index (χ1v) is 10.1.